The molecule has 0 spiro atoms. The number of fused-ring (bicyclic) bond motifs is 1. The van der Waals surface area contributed by atoms with Gasteiger partial charge < -0.3 is 10.3 Å². The third-order valence-electron chi connectivity index (χ3n) is 3.01. The number of carbonyl (C=O) groups excluding carboxylic acids is 1. The van der Waals surface area contributed by atoms with Gasteiger partial charge in [-0.2, -0.15) is 13.2 Å². The van der Waals surface area contributed by atoms with Crippen LogP contribution >= 0.6 is 0 Å². The zero-order valence-corrected chi connectivity index (χ0v) is 10.8. The summed E-state index contributed by atoms with van der Waals surface area (Å²) in [6, 6.07) is 7.11. The first-order valence-electron chi connectivity index (χ1n) is 6.38. The lowest BCUT2D eigenvalue weighted by molar-refractivity contribution is -0.135. The van der Waals surface area contributed by atoms with Gasteiger partial charge in [0.15, 0.2) is 0 Å². The smallest absolute Gasteiger partial charge is 0.361 e. The predicted octanol–water partition coefficient (Wildman–Crippen LogP) is 3.63. The summed E-state index contributed by atoms with van der Waals surface area (Å²) in [5.41, 5.74) is 1.38. The van der Waals surface area contributed by atoms with Gasteiger partial charge in [0.2, 0.25) is 0 Å². The van der Waals surface area contributed by atoms with Crippen molar-refractivity contribution in [2.45, 2.75) is 25.4 Å². The predicted molar refractivity (Wildman–Crippen MR) is 70.5 cm³/mol. The third kappa shape index (κ3) is 3.76. The van der Waals surface area contributed by atoms with Crippen LogP contribution in [0.15, 0.2) is 30.5 Å². The van der Waals surface area contributed by atoms with Crippen LogP contribution in [0.4, 0.5) is 13.2 Å². The van der Waals surface area contributed by atoms with Crippen LogP contribution in [0.1, 0.15) is 29.6 Å². The first kappa shape index (κ1) is 14.4. The molecular formula is C14H15F3N2O. The minimum Gasteiger partial charge on any atom is -0.361 e. The normalized spacial score (nSPS) is 11.8. The number of carbonyl (C=O) groups is 1. The van der Waals surface area contributed by atoms with Crippen LogP contribution in [0, 0.1) is 0 Å². The minimum atomic E-state index is -4.12. The number of H-pyrrole nitrogens is 1. The van der Waals surface area contributed by atoms with E-state index in [0.717, 1.165) is 10.9 Å². The van der Waals surface area contributed by atoms with Gasteiger partial charge in [-0.05, 0) is 31.0 Å². The number of hydrogen-bond acceptors (Lipinski definition) is 1. The van der Waals surface area contributed by atoms with Crippen molar-refractivity contribution in [1.29, 1.82) is 0 Å². The van der Waals surface area contributed by atoms with Crippen LogP contribution < -0.4 is 5.32 Å². The van der Waals surface area contributed by atoms with E-state index >= 15 is 0 Å². The minimum absolute atomic E-state index is 0.0259. The third-order valence-corrected chi connectivity index (χ3v) is 3.01. The van der Waals surface area contributed by atoms with Crippen LogP contribution in [0.3, 0.4) is 0 Å². The van der Waals surface area contributed by atoms with Gasteiger partial charge in [-0.25, -0.2) is 0 Å². The van der Waals surface area contributed by atoms with Crippen molar-refractivity contribution in [3.63, 3.8) is 0 Å². The van der Waals surface area contributed by atoms with E-state index in [1.165, 1.54) is 0 Å². The van der Waals surface area contributed by atoms with Crippen molar-refractivity contribution < 1.29 is 18.0 Å². The maximum absolute atomic E-state index is 12.0. The maximum Gasteiger partial charge on any atom is 0.389 e. The number of aromatic nitrogens is 1. The number of hydrogen-bond donors (Lipinski definition) is 2. The van der Waals surface area contributed by atoms with Crippen molar-refractivity contribution in [3.8, 4) is 0 Å². The average Bonchev–Trinajstić information content (AvgIpc) is 2.84. The molecule has 20 heavy (non-hydrogen) atoms. The molecule has 2 aromatic rings. The summed E-state index contributed by atoms with van der Waals surface area (Å²) in [6.07, 6.45) is -2.85. The van der Waals surface area contributed by atoms with Crippen molar-refractivity contribution in [1.82, 2.24) is 10.3 Å². The van der Waals surface area contributed by atoms with Crippen LogP contribution in [0.25, 0.3) is 10.9 Å². The van der Waals surface area contributed by atoms with Gasteiger partial charge in [-0.15, -0.1) is 0 Å². The standard InChI is InChI=1S/C14H15F3N2O/c15-14(16,17)7-1-2-8-19-13(20)11-4-3-5-12-10(11)6-9-18-12/h3-6,9,18H,1-2,7-8H2,(H,19,20). The Hall–Kier alpha value is -1.98. The van der Waals surface area contributed by atoms with Crippen LogP contribution in [-0.2, 0) is 0 Å². The van der Waals surface area contributed by atoms with E-state index < -0.39 is 12.6 Å². The Balaban J connectivity index is 1.85. The van der Waals surface area contributed by atoms with Gasteiger partial charge in [-0.3, -0.25) is 4.79 Å². The first-order chi connectivity index (χ1) is 9.47. The second-order valence-electron chi connectivity index (χ2n) is 4.57. The lowest BCUT2D eigenvalue weighted by Gasteiger charge is -2.08. The molecule has 0 fully saturated rings. The van der Waals surface area contributed by atoms with E-state index in [-0.39, 0.29) is 18.9 Å². The summed E-state index contributed by atoms with van der Waals surface area (Å²) in [5, 5.41) is 3.45. The second kappa shape index (κ2) is 5.98. The van der Waals surface area contributed by atoms with Crippen molar-refractivity contribution in [2.75, 3.05) is 6.54 Å². The molecule has 0 atom stereocenters. The largest absolute Gasteiger partial charge is 0.389 e. The molecule has 3 nitrogen and oxygen atoms in total. The number of benzene rings is 1. The van der Waals surface area contributed by atoms with Crippen LogP contribution in [-0.4, -0.2) is 23.6 Å². The molecule has 6 heteroatoms. The van der Waals surface area contributed by atoms with Gasteiger partial charge in [-0.1, -0.05) is 6.07 Å². The molecule has 1 heterocycles. The van der Waals surface area contributed by atoms with Gasteiger partial charge in [0.05, 0.1) is 0 Å². The molecular weight excluding hydrogens is 269 g/mol. The lowest BCUT2D eigenvalue weighted by atomic mass is 10.1. The quantitative estimate of drug-likeness (QED) is 0.809. The van der Waals surface area contributed by atoms with Crippen LogP contribution in [0.5, 0.6) is 0 Å². The zero-order valence-electron chi connectivity index (χ0n) is 10.8. The summed E-state index contributed by atoms with van der Waals surface area (Å²) in [5.74, 6) is -0.262. The fraction of sp³-hybridized carbons (Fsp3) is 0.357. The number of unbranched alkanes of at least 4 members (excludes halogenated alkanes) is 1. The first-order valence-corrected chi connectivity index (χ1v) is 6.38. The SMILES string of the molecule is O=C(NCCCCC(F)(F)F)c1cccc2[nH]ccc12. The monoisotopic (exact) mass is 284 g/mol. The van der Waals surface area contributed by atoms with Crippen molar-refractivity contribution >= 4 is 16.8 Å². The van der Waals surface area contributed by atoms with E-state index in [1.807, 2.05) is 6.07 Å². The summed E-state index contributed by atoms with van der Waals surface area (Å²) in [4.78, 5) is 15.0. The Morgan fingerprint density at radius 1 is 1.20 bits per heavy atom. The Labute approximate surface area is 114 Å². The number of rotatable bonds is 5. The van der Waals surface area contributed by atoms with E-state index in [2.05, 4.69) is 10.3 Å². The number of nitrogens with one attached hydrogen (secondary N) is 2. The number of amides is 1. The van der Waals surface area contributed by atoms with Crippen molar-refractivity contribution in [2.24, 2.45) is 0 Å². The maximum atomic E-state index is 12.0. The molecule has 0 aliphatic carbocycles. The molecule has 0 aliphatic heterocycles. The molecule has 1 aromatic carbocycles. The molecule has 1 amide bonds. The fourth-order valence-electron chi connectivity index (χ4n) is 2.03. The average molecular weight is 284 g/mol. The Kier molecular flexibility index (Phi) is 4.32. The fourth-order valence-corrected chi connectivity index (χ4v) is 2.03. The molecule has 0 saturated carbocycles. The summed E-state index contributed by atoms with van der Waals surface area (Å²) in [6.45, 7) is 0.246. The molecule has 1 aromatic heterocycles. The topological polar surface area (TPSA) is 44.9 Å². The Morgan fingerprint density at radius 2 is 2.00 bits per heavy atom. The highest BCUT2D eigenvalue weighted by molar-refractivity contribution is 6.06. The number of halogens is 3. The van der Waals surface area contributed by atoms with E-state index in [9.17, 15) is 18.0 Å². The highest BCUT2D eigenvalue weighted by atomic mass is 19.4. The van der Waals surface area contributed by atoms with Gasteiger partial charge in [0, 0.05) is 35.6 Å². The summed E-state index contributed by atoms with van der Waals surface area (Å²) >= 11 is 0. The Morgan fingerprint density at radius 3 is 2.75 bits per heavy atom. The molecule has 0 unspecified atom stereocenters. The zero-order chi connectivity index (χ0) is 14.6. The summed E-state index contributed by atoms with van der Waals surface area (Å²) in [7, 11) is 0. The van der Waals surface area contributed by atoms with Gasteiger partial charge in [0.1, 0.15) is 0 Å². The molecule has 0 bridgehead atoms. The molecule has 2 N–H and O–H groups in total. The molecule has 0 aliphatic rings. The van der Waals surface area contributed by atoms with E-state index in [4.69, 9.17) is 0 Å². The molecule has 0 radical (unpaired) electrons. The highest BCUT2D eigenvalue weighted by Gasteiger charge is 2.25. The van der Waals surface area contributed by atoms with E-state index in [1.54, 1.807) is 24.4 Å². The van der Waals surface area contributed by atoms with Gasteiger partial charge in [0.25, 0.3) is 5.91 Å². The number of alkyl halides is 3. The number of aromatic amines is 1. The second-order valence-corrected chi connectivity index (χ2v) is 4.57. The van der Waals surface area contributed by atoms with Gasteiger partial charge >= 0.3 is 6.18 Å². The lowest BCUT2D eigenvalue weighted by Crippen LogP contribution is -2.24. The summed E-state index contributed by atoms with van der Waals surface area (Å²) < 4.78 is 35.9. The van der Waals surface area contributed by atoms with Crippen molar-refractivity contribution in [3.05, 3.63) is 36.0 Å². The molecule has 0 saturated heterocycles. The Bertz CT molecular complexity index is 589. The highest BCUT2D eigenvalue weighted by Crippen LogP contribution is 2.22. The van der Waals surface area contributed by atoms with Crippen LogP contribution in [0.2, 0.25) is 0 Å². The van der Waals surface area contributed by atoms with E-state index in [0.29, 0.717) is 12.0 Å². The molecule has 108 valence electrons. The molecule has 2 rings (SSSR count).